The van der Waals surface area contributed by atoms with E-state index in [1.807, 2.05) is 6.07 Å². The Labute approximate surface area is 98.2 Å². The van der Waals surface area contributed by atoms with Gasteiger partial charge in [0.1, 0.15) is 5.52 Å². The maximum Gasteiger partial charge on any atom is 0.293 e. The van der Waals surface area contributed by atoms with E-state index in [9.17, 15) is 0 Å². The van der Waals surface area contributed by atoms with Crippen molar-refractivity contribution in [3.05, 3.63) is 35.9 Å². The molecule has 3 heteroatoms. The normalized spacial score (nSPS) is 15.8. The van der Waals surface area contributed by atoms with Gasteiger partial charge in [-0.3, -0.25) is 0 Å². The molecule has 2 N–H and O–H groups in total. The van der Waals surface area contributed by atoms with Gasteiger partial charge in [0.2, 0.25) is 0 Å². The Morgan fingerprint density at radius 1 is 1.18 bits per heavy atom. The summed E-state index contributed by atoms with van der Waals surface area (Å²) in [6, 6.07) is 10.7. The summed E-state index contributed by atoms with van der Waals surface area (Å²) in [6.45, 7) is 0. The first-order valence-corrected chi connectivity index (χ1v) is 5.90. The lowest BCUT2D eigenvalue weighted by molar-refractivity contribution is 0.629. The molecule has 0 bridgehead atoms. The number of aromatic nitrogens is 1. The smallest absolute Gasteiger partial charge is 0.293 e. The van der Waals surface area contributed by atoms with Gasteiger partial charge in [0.05, 0.1) is 0 Å². The molecule has 0 aliphatic heterocycles. The minimum atomic E-state index is 0.248. The van der Waals surface area contributed by atoms with E-state index in [1.54, 1.807) is 0 Å². The quantitative estimate of drug-likeness (QED) is 0.688. The highest BCUT2D eigenvalue weighted by atomic mass is 16.4. The Bertz CT molecular complexity index is 725. The van der Waals surface area contributed by atoms with Crippen molar-refractivity contribution in [3.8, 4) is 0 Å². The fourth-order valence-corrected chi connectivity index (χ4v) is 2.53. The highest BCUT2D eigenvalue weighted by Gasteiger charge is 2.26. The third kappa shape index (κ3) is 1.25. The van der Waals surface area contributed by atoms with Crippen molar-refractivity contribution >= 4 is 27.9 Å². The zero-order valence-corrected chi connectivity index (χ0v) is 9.31. The van der Waals surface area contributed by atoms with E-state index < -0.39 is 0 Å². The van der Waals surface area contributed by atoms with Gasteiger partial charge in [0.15, 0.2) is 5.58 Å². The van der Waals surface area contributed by atoms with Crippen LogP contribution < -0.4 is 5.73 Å². The van der Waals surface area contributed by atoms with Gasteiger partial charge in [-0.1, -0.05) is 24.3 Å². The highest BCUT2D eigenvalue weighted by molar-refractivity contribution is 6.05. The number of hydrogen-bond donors (Lipinski definition) is 1. The maximum absolute atomic E-state index is 5.65. The second-order valence-electron chi connectivity index (χ2n) is 4.69. The Hall–Kier alpha value is -2.03. The second kappa shape index (κ2) is 3.00. The lowest BCUT2D eigenvalue weighted by Crippen LogP contribution is -1.84. The largest absolute Gasteiger partial charge is 0.423 e. The summed E-state index contributed by atoms with van der Waals surface area (Å²) in [5.74, 6) is 0.697. The van der Waals surface area contributed by atoms with Crippen molar-refractivity contribution in [2.45, 2.75) is 18.8 Å². The molecule has 17 heavy (non-hydrogen) atoms. The number of nitrogen functional groups attached to an aromatic ring is 1. The minimum absolute atomic E-state index is 0.248. The van der Waals surface area contributed by atoms with Gasteiger partial charge >= 0.3 is 0 Å². The van der Waals surface area contributed by atoms with Gasteiger partial charge in [0, 0.05) is 5.39 Å². The molecule has 0 radical (unpaired) electrons. The number of oxazole rings is 1. The summed E-state index contributed by atoms with van der Waals surface area (Å²) < 4.78 is 5.50. The number of fused-ring (bicyclic) bond motifs is 3. The lowest BCUT2D eigenvalue weighted by Gasteiger charge is -2.04. The molecule has 4 rings (SSSR count). The van der Waals surface area contributed by atoms with E-state index in [2.05, 4.69) is 29.2 Å². The van der Waals surface area contributed by atoms with Crippen molar-refractivity contribution < 1.29 is 4.42 Å². The predicted molar refractivity (Wildman–Crippen MR) is 67.9 cm³/mol. The van der Waals surface area contributed by atoms with Crippen LogP contribution in [0.2, 0.25) is 0 Å². The van der Waals surface area contributed by atoms with Crippen molar-refractivity contribution in [1.29, 1.82) is 0 Å². The van der Waals surface area contributed by atoms with Crippen LogP contribution in [0.25, 0.3) is 21.9 Å². The van der Waals surface area contributed by atoms with Crippen molar-refractivity contribution in [1.82, 2.24) is 4.98 Å². The molecular weight excluding hydrogens is 212 g/mol. The zero-order chi connectivity index (χ0) is 11.4. The number of rotatable bonds is 1. The number of benzene rings is 2. The van der Waals surface area contributed by atoms with Crippen LogP contribution in [0.1, 0.15) is 24.3 Å². The first kappa shape index (κ1) is 9.05. The van der Waals surface area contributed by atoms with Crippen LogP contribution >= 0.6 is 0 Å². The van der Waals surface area contributed by atoms with E-state index in [4.69, 9.17) is 10.2 Å². The average Bonchev–Trinajstić information content (AvgIpc) is 3.10. The zero-order valence-electron chi connectivity index (χ0n) is 9.31. The molecule has 3 nitrogen and oxygen atoms in total. The summed E-state index contributed by atoms with van der Waals surface area (Å²) in [5, 5.41) is 2.40. The second-order valence-corrected chi connectivity index (χ2v) is 4.69. The molecule has 1 saturated carbocycles. The van der Waals surface area contributed by atoms with Gasteiger partial charge < -0.3 is 10.2 Å². The van der Waals surface area contributed by atoms with Crippen LogP contribution in [0.15, 0.2) is 34.7 Å². The molecule has 1 aliphatic rings. The topological polar surface area (TPSA) is 52.0 Å². The van der Waals surface area contributed by atoms with Crippen molar-refractivity contribution in [2.75, 3.05) is 5.73 Å². The molecule has 1 aliphatic carbocycles. The Kier molecular flexibility index (Phi) is 1.60. The van der Waals surface area contributed by atoms with Crippen LogP contribution in [0.5, 0.6) is 0 Å². The van der Waals surface area contributed by atoms with Crippen LogP contribution in [-0.4, -0.2) is 4.98 Å². The third-order valence-electron chi connectivity index (χ3n) is 3.46. The van der Waals surface area contributed by atoms with E-state index >= 15 is 0 Å². The first-order chi connectivity index (χ1) is 8.33. The number of hydrogen-bond acceptors (Lipinski definition) is 3. The predicted octanol–water partition coefficient (Wildman–Crippen LogP) is 3.44. The summed E-state index contributed by atoms with van der Waals surface area (Å²) in [7, 11) is 0. The summed E-state index contributed by atoms with van der Waals surface area (Å²) >= 11 is 0. The molecule has 3 aromatic rings. The first-order valence-electron chi connectivity index (χ1n) is 5.90. The minimum Gasteiger partial charge on any atom is -0.423 e. The molecule has 1 aromatic heterocycles. The van der Waals surface area contributed by atoms with E-state index in [-0.39, 0.29) is 6.01 Å². The van der Waals surface area contributed by atoms with Crippen LogP contribution in [0.4, 0.5) is 6.01 Å². The standard InChI is InChI=1S/C14H12N2O/c15-14-16-12-7-11(8-5-6-8)9-3-1-2-4-10(9)13(12)17-14/h1-4,7-8H,5-6H2,(H2,15,16). The molecule has 0 amide bonds. The van der Waals surface area contributed by atoms with Crippen LogP contribution in [0, 0.1) is 0 Å². The molecule has 84 valence electrons. The summed E-state index contributed by atoms with van der Waals surface area (Å²) in [4.78, 5) is 4.25. The lowest BCUT2D eigenvalue weighted by atomic mass is 10.00. The average molecular weight is 224 g/mol. The highest BCUT2D eigenvalue weighted by Crippen LogP contribution is 2.45. The fraction of sp³-hybridized carbons (Fsp3) is 0.214. The molecule has 0 unspecified atom stereocenters. The number of anilines is 1. The molecule has 2 aromatic carbocycles. The van der Waals surface area contributed by atoms with Crippen LogP contribution in [-0.2, 0) is 0 Å². The van der Waals surface area contributed by atoms with Gasteiger partial charge in [-0.05, 0) is 35.8 Å². The monoisotopic (exact) mass is 224 g/mol. The third-order valence-corrected chi connectivity index (χ3v) is 3.46. The van der Waals surface area contributed by atoms with E-state index in [0.717, 1.165) is 16.5 Å². The molecule has 1 fully saturated rings. The molecule has 1 heterocycles. The maximum atomic E-state index is 5.65. The number of nitrogens with zero attached hydrogens (tertiary/aromatic N) is 1. The van der Waals surface area contributed by atoms with E-state index in [0.29, 0.717) is 5.92 Å². The van der Waals surface area contributed by atoms with Gasteiger partial charge in [-0.25, -0.2) is 0 Å². The van der Waals surface area contributed by atoms with Gasteiger partial charge in [-0.15, -0.1) is 0 Å². The molecule has 0 spiro atoms. The van der Waals surface area contributed by atoms with Crippen molar-refractivity contribution in [2.24, 2.45) is 0 Å². The molecule has 0 atom stereocenters. The SMILES string of the molecule is Nc1nc2cc(C3CC3)c3ccccc3c2o1. The van der Waals surface area contributed by atoms with Gasteiger partial charge in [0.25, 0.3) is 6.01 Å². The Morgan fingerprint density at radius 3 is 2.71 bits per heavy atom. The van der Waals surface area contributed by atoms with Crippen molar-refractivity contribution in [3.63, 3.8) is 0 Å². The summed E-state index contributed by atoms with van der Waals surface area (Å²) in [5.41, 5.74) is 8.72. The van der Waals surface area contributed by atoms with E-state index in [1.165, 1.54) is 23.8 Å². The number of nitrogens with two attached hydrogens (primary N) is 1. The molecular formula is C14H12N2O. The van der Waals surface area contributed by atoms with Gasteiger partial charge in [-0.2, -0.15) is 4.98 Å². The summed E-state index contributed by atoms with van der Waals surface area (Å²) in [6.07, 6.45) is 2.56. The molecule has 0 saturated heterocycles. The fourth-order valence-electron chi connectivity index (χ4n) is 2.53. The Morgan fingerprint density at radius 2 is 1.94 bits per heavy atom. The van der Waals surface area contributed by atoms with Crippen LogP contribution in [0.3, 0.4) is 0 Å². The Balaban J connectivity index is 2.21.